The van der Waals surface area contributed by atoms with E-state index in [0.717, 1.165) is 12.3 Å². The van der Waals surface area contributed by atoms with Crippen LogP contribution in [0.25, 0.3) is 0 Å². The minimum atomic E-state index is -4.16. The van der Waals surface area contributed by atoms with E-state index in [9.17, 15) is 45.0 Å². The molecule has 2 aromatic carbocycles. The summed E-state index contributed by atoms with van der Waals surface area (Å²) in [6.07, 6.45) is 0.230. The fourth-order valence-corrected chi connectivity index (χ4v) is 8.47. The molecule has 4 rings (SSSR count). The zero-order valence-corrected chi connectivity index (χ0v) is 22.9. The van der Waals surface area contributed by atoms with Crippen molar-refractivity contribution in [2.75, 3.05) is 18.1 Å². The number of sulfonamides is 1. The molecular weight excluding hydrogens is 585 g/mol. The van der Waals surface area contributed by atoms with Gasteiger partial charge in [0.1, 0.15) is 0 Å². The Balaban J connectivity index is 1.55. The van der Waals surface area contributed by atoms with Gasteiger partial charge in [-0.05, 0) is 55.7 Å². The summed E-state index contributed by atoms with van der Waals surface area (Å²) in [5.41, 5.74) is -2.27. The van der Waals surface area contributed by atoms with Crippen molar-refractivity contribution in [1.82, 2.24) is 4.72 Å². The molecule has 1 amide bonds. The van der Waals surface area contributed by atoms with Crippen LogP contribution in [0.2, 0.25) is 5.02 Å². The average Bonchev–Trinajstić information content (AvgIpc) is 3.01. The summed E-state index contributed by atoms with van der Waals surface area (Å²) >= 11 is 6.20. The molecule has 4 unspecified atom stereocenters. The second-order valence-electron chi connectivity index (χ2n) is 9.99. The van der Waals surface area contributed by atoms with Gasteiger partial charge in [-0.1, -0.05) is 11.6 Å². The van der Waals surface area contributed by atoms with Crippen molar-refractivity contribution in [3.05, 3.63) is 58.4 Å². The van der Waals surface area contributed by atoms with Crippen LogP contribution in [0.5, 0.6) is 0 Å². The second kappa shape index (κ2) is 10.6. The van der Waals surface area contributed by atoms with E-state index in [2.05, 4.69) is 10.0 Å². The van der Waals surface area contributed by atoms with Gasteiger partial charge in [0.25, 0.3) is 5.91 Å². The van der Waals surface area contributed by atoms with Crippen LogP contribution < -0.4 is 10.0 Å². The third kappa shape index (κ3) is 5.81. The molecule has 39 heavy (non-hydrogen) atoms. The van der Waals surface area contributed by atoms with Gasteiger partial charge in [-0.3, -0.25) is 4.79 Å². The minimum absolute atomic E-state index is 0.0356. The van der Waals surface area contributed by atoms with Crippen LogP contribution in [-0.4, -0.2) is 62.7 Å². The number of anilines is 1. The predicted octanol–water partition coefficient (Wildman–Crippen LogP) is 2.61. The van der Waals surface area contributed by atoms with E-state index in [4.69, 9.17) is 11.6 Å². The van der Waals surface area contributed by atoms with Gasteiger partial charge in [0.15, 0.2) is 27.3 Å². The molecule has 9 nitrogen and oxygen atoms in total. The first kappa shape index (κ1) is 29.7. The lowest BCUT2D eigenvalue weighted by Crippen LogP contribution is -2.58. The van der Waals surface area contributed by atoms with Crippen molar-refractivity contribution in [2.45, 2.75) is 47.5 Å². The van der Waals surface area contributed by atoms with Crippen LogP contribution in [0.15, 0.2) is 35.2 Å². The maximum absolute atomic E-state index is 13.6. The van der Waals surface area contributed by atoms with E-state index in [-0.39, 0.29) is 34.0 Å². The molecule has 5 atom stereocenters. The monoisotopic (exact) mass is 610 g/mol. The molecule has 0 aromatic heterocycles. The highest BCUT2D eigenvalue weighted by atomic mass is 35.5. The number of sulfone groups is 1. The fraction of sp³-hybridized carbons (Fsp3) is 0.458. The normalized spacial score (nSPS) is 25.9. The number of hydrogen-bond donors (Lipinski definition) is 4. The largest absolute Gasteiger partial charge is 0.389 e. The van der Waals surface area contributed by atoms with Crippen molar-refractivity contribution in [3.8, 4) is 0 Å². The maximum Gasteiger partial charge on any atom is 0.255 e. The first-order chi connectivity index (χ1) is 18.0. The molecule has 0 heterocycles. The fourth-order valence-electron chi connectivity index (χ4n) is 5.61. The highest BCUT2D eigenvalue weighted by Gasteiger charge is 2.59. The van der Waals surface area contributed by atoms with Crippen LogP contribution in [0, 0.1) is 29.3 Å². The summed E-state index contributed by atoms with van der Waals surface area (Å²) in [6, 6.07) is 4.56. The van der Waals surface area contributed by atoms with Gasteiger partial charge in [0.05, 0.1) is 33.1 Å². The van der Waals surface area contributed by atoms with Gasteiger partial charge in [-0.2, -0.15) is 0 Å². The Morgan fingerprint density at radius 2 is 1.64 bits per heavy atom. The Kier molecular flexibility index (Phi) is 8.11. The minimum Gasteiger partial charge on any atom is -0.389 e. The third-order valence-corrected chi connectivity index (χ3v) is 10.9. The number of carbonyl (C=O) groups is 1. The number of benzene rings is 2. The van der Waals surface area contributed by atoms with Gasteiger partial charge in [-0.15, -0.1) is 0 Å². The van der Waals surface area contributed by atoms with Gasteiger partial charge in [0.2, 0.25) is 10.0 Å². The molecule has 214 valence electrons. The van der Waals surface area contributed by atoms with E-state index < -0.39 is 78.6 Å². The number of rotatable bonds is 8. The molecule has 2 aliphatic carbocycles. The number of carbonyl (C=O) groups excluding carboxylic acids is 1. The number of fused-ring (bicyclic) bond motifs is 2. The van der Waals surface area contributed by atoms with Crippen LogP contribution in [0.3, 0.4) is 0 Å². The summed E-state index contributed by atoms with van der Waals surface area (Å²) in [4.78, 5) is 12.3. The Morgan fingerprint density at radius 3 is 2.18 bits per heavy atom. The van der Waals surface area contributed by atoms with Crippen LogP contribution in [0.4, 0.5) is 18.9 Å². The molecular formula is C24H26ClF3N2O7S2. The van der Waals surface area contributed by atoms with Crippen molar-refractivity contribution in [1.29, 1.82) is 0 Å². The number of aliphatic hydroxyl groups is 2. The summed E-state index contributed by atoms with van der Waals surface area (Å²) in [6.45, 7) is -0.426. The molecule has 0 radical (unpaired) electrons. The molecule has 2 aromatic rings. The quantitative estimate of drug-likeness (QED) is 0.336. The highest BCUT2D eigenvalue weighted by molar-refractivity contribution is 7.92. The third-order valence-electron chi connectivity index (χ3n) is 7.52. The lowest BCUT2D eigenvalue weighted by molar-refractivity contribution is -0.138. The summed E-state index contributed by atoms with van der Waals surface area (Å²) in [5.74, 6) is -6.95. The van der Waals surface area contributed by atoms with Gasteiger partial charge < -0.3 is 15.5 Å². The Labute approximate surface area is 228 Å². The van der Waals surface area contributed by atoms with E-state index in [1.807, 2.05) is 0 Å². The average molecular weight is 611 g/mol. The summed E-state index contributed by atoms with van der Waals surface area (Å²) in [7, 11) is -7.79. The number of halogens is 4. The highest BCUT2D eigenvalue weighted by Crippen LogP contribution is 2.53. The zero-order valence-electron chi connectivity index (χ0n) is 20.5. The first-order valence-corrected chi connectivity index (χ1v) is 15.7. The van der Waals surface area contributed by atoms with Crippen LogP contribution in [0.1, 0.15) is 36.0 Å². The molecule has 2 saturated carbocycles. The summed E-state index contributed by atoms with van der Waals surface area (Å²) < 4.78 is 92.5. The number of amides is 1. The number of aliphatic hydroxyl groups excluding tert-OH is 1. The molecule has 2 bridgehead atoms. The van der Waals surface area contributed by atoms with E-state index >= 15 is 0 Å². The van der Waals surface area contributed by atoms with Gasteiger partial charge in [-0.25, -0.2) is 34.7 Å². The first-order valence-electron chi connectivity index (χ1n) is 11.9. The van der Waals surface area contributed by atoms with E-state index in [1.165, 1.54) is 12.1 Å². The lowest BCUT2D eigenvalue weighted by atomic mass is 9.71. The second-order valence-corrected chi connectivity index (χ2v) is 14.4. The molecule has 0 aliphatic heterocycles. The standard InChI is InChI=1S/C24H26ClF3N2O7S2/c1-38(34,35)29-11-21(31)24(33)13-3-4-14(24)8-16(7-13)39(36,37)20-6-12(2-5-17(20)25)23(32)30-15-9-18(26)22(28)19(27)10-15/h2,5-6,9-10,13-14,16,21,29,31,33H,3-4,7-8,11H2,1H3,(H,30,32)/t13-,14?,16?,21?,24?/m0/s1. The SMILES string of the molecule is CS(=O)(=O)NCC(O)C1(O)C2CC[C@H]1CC(S(=O)(=O)c1cc(C(=O)Nc3cc(F)c(F)c(F)c3)ccc1Cl)C2. The summed E-state index contributed by atoms with van der Waals surface area (Å²) in [5, 5.41) is 23.0. The molecule has 2 fully saturated rings. The van der Waals surface area contributed by atoms with Crippen molar-refractivity contribution >= 4 is 43.1 Å². The van der Waals surface area contributed by atoms with E-state index in [1.54, 1.807) is 0 Å². The maximum atomic E-state index is 13.6. The van der Waals surface area contributed by atoms with Crippen LogP contribution >= 0.6 is 11.6 Å². The Bertz CT molecular complexity index is 1480. The Morgan fingerprint density at radius 1 is 1.08 bits per heavy atom. The molecule has 2 aliphatic rings. The van der Waals surface area contributed by atoms with Gasteiger partial charge >= 0.3 is 0 Å². The molecule has 15 heteroatoms. The van der Waals surface area contributed by atoms with Crippen molar-refractivity contribution in [3.63, 3.8) is 0 Å². The smallest absolute Gasteiger partial charge is 0.255 e. The van der Waals surface area contributed by atoms with Gasteiger partial charge in [0, 0.05) is 29.9 Å². The van der Waals surface area contributed by atoms with Crippen molar-refractivity contribution in [2.24, 2.45) is 11.8 Å². The van der Waals surface area contributed by atoms with E-state index in [0.29, 0.717) is 25.0 Å². The number of nitrogens with one attached hydrogen (secondary N) is 2. The van der Waals surface area contributed by atoms with Crippen molar-refractivity contribution < 1.29 is 45.0 Å². The molecule has 4 N–H and O–H groups in total. The predicted molar refractivity (Wildman–Crippen MR) is 136 cm³/mol. The Hall–Kier alpha value is -2.23. The topological polar surface area (TPSA) is 150 Å². The molecule has 0 spiro atoms. The zero-order chi connectivity index (χ0) is 28.9. The lowest BCUT2D eigenvalue weighted by Gasteiger charge is -2.45. The van der Waals surface area contributed by atoms with Crippen LogP contribution in [-0.2, 0) is 19.9 Å². The number of hydrogen-bond acceptors (Lipinski definition) is 7. The molecule has 0 saturated heterocycles.